The van der Waals surface area contributed by atoms with Gasteiger partial charge in [-0.3, -0.25) is 4.57 Å². The van der Waals surface area contributed by atoms with Crippen LogP contribution in [0, 0.1) is 0 Å². The van der Waals surface area contributed by atoms with E-state index in [2.05, 4.69) is 0 Å². The van der Waals surface area contributed by atoms with E-state index in [1.54, 1.807) is 12.1 Å². The van der Waals surface area contributed by atoms with E-state index < -0.39 is 11.4 Å². The molecule has 0 amide bonds. The quantitative estimate of drug-likeness (QED) is 0.550. The van der Waals surface area contributed by atoms with Crippen LogP contribution in [0.5, 0.6) is 5.75 Å². The first-order chi connectivity index (χ1) is 12.6. The van der Waals surface area contributed by atoms with E-state index in [9.17, 15) is 9.59 Å². The number of hydrogen-bond acceptors (Lipinski definition) is 4. The van der Waals surface area contributed by atoms with E-state index in [1.807, 2.05) is 42.5 Å². The zero-order valence-electron chi connectivity index (χ0n) is 13.6. The highest BCUT2D eigenvalue weighted by Gasteiger charge is 2.10. The molecule has 0 aliphatic rings. The van der Waals surface area contributed by atoms with Gasteiger partial charge in [0.05, 0.1) is 17.4 Å². The molecule has 0 radical (unpaired) electrons. The fourth-order valence-electron chi connectivity index (χ4n) is 2.98. The van der Waals surface area contributed by atoms with Gasteiger partial charge in [0.2, 0.25) is 0 Å². The summed E-state index contributed by atoms with van der Waals surface area (Å²) in [6, 6.07) is 18.5. The molecule has 4 aromatic rings. The van der Waals surface area contributed by atoms with Gasteiger partial charge in [0.25, 0.3) is 0 Å². The average molecular weight is 368 g/mol. The lowest BCUT2D eigenvalue weighted by molar-refractivity contribution is 0.290. The summed E-state index contributed by atoms with van der Waals surface area (Å²) in [5, 5.41) is 2.75. The fraction of sp³-hybridized carbons (Fsp3) is 0.100. The first kappa shape index (κ1) is 16.4. The van der Waals surface area contributed by atoms with Crippen LogP contribution in [0.15, 0.2) is 74.7 Å². The van der Waals surface area contributed by atoms with Crippen LogP contribution in [-0.4, -0.2) is 11.2 Å². The van der Waals surface area contributed by atoms with Gasteiger partial charge in [0.1, 0.15) is 12.4 Å². The van der Waals surface area contributed by atoms with Crippen molar-refractivity contribution in [2.45, 2.75) is 6.54 Å². The molecule has 0 unspecified atom stereocenters. The largest absolute Gasteiger partial charge is 0.491 e. The number of hydrogen-bond donors (Lipinski definition) is 0. The Balaban J connectivity index is 1.64. The number of fused-ring (bicyclic) bond motifs is 2. The Morgan fingerprint density at radius 3 is 2.65 bits per heavy atom. The Bertz CT molecular complexity index is 1220. The lowest BCUT2D eigenvalue weighted by Gasteiger charge is -2.11. The molecule has 1 heterocycles. The zero-order valence-corrected chi connectivity index (χ0v) is 14.4. The number of ether oxygens (including phenoxy) is 1. The summed E-state index contributed by atoms with van der Waals surface area (Å²) in [7, 11) is 0. The van der Waals surface area contributed by atoms with Crippen molar-refractivity contribution >= 4 is 33.3 Å². The molecular formula is C20H14ClNO4. The van der Waals surface area contributed by atoms with Crippen LogP contribution >= 0.6 is 11.6 Å². The Hall–Kier alpha value is -3.05. The molecule has 5 nitrogen and oxygen atoms in total. The van der Waals surface area contributed by atoms with Crippen LogP contribution in [-0.2, 0) is 6.54 Å². The van der Waals surface area contributed by atoms with Crippen molar-refractivity contribution in [1.82, 2.24) is 4.57 Å². The topological polar surface area (TPSA) is 61.4 Å². The van der Waals surface area contributed by atoms with Crippen molar-refractivity contribution in [2.75, 3.05) is 6.61 Å². The van der Waals surface area contributed by atoms with Gasteiger partial charge in [-0.2, -0.15) is 0 Å². The monoisotopic (exact) mass is 367 g/mol. The van der Waals surface area contributed by atoms with E-state index in [1.165, 1.54) is 10.6 Å². The van der Waals surface area contributed by atoms with Crippen molar-refractivity contribution in [3.8, 4) is 5.75 Å². The van der Waals surface area contributed by atoms with Crippen molar-refractivity contribution in [2.24, 2.45) is 0 Å². The maximum Gasteiger partial charge on any atom is 0.422 e. The van der Waals surface area contributed by atoms with Gasteiger partial charge in [0.15, 0.2) is 0 Å². The minimum Gasteiger partial charge on any atom is -0.491 e. The Morgan fingerprint density at radius 2 is 1.77 bits per heavy atom. The number of benzene rings is 3. The molecule has 0 bridgehead atoms. The minimum atomic E-state index is -0.716. The summed E-state index contributed by atoms with van der Waals surface area (Å²) in [5.41, 5.74) is -0.226. The van der Waals surface area contributed by atoms with E-state index in [0.717, 1.165) is 16.5 Å². The molecule has 1 aromatic heterocycles. The van der Waals surface area contributed by atoms with E-state index in [4.69, 9.17) is 20.8 Å². The van der Waals surface area contributed by atoms with Gasteiger partial charge >= 0.3 is 11.4 Å². The SMILES string of the molecule is O=c1oc(=O)n(CCOc2cccc3ccccc23)c2ccc(Cl)cc12. The molecule has 0 aliphatic heterocycles. The van der Waals surface area contributed by atoms with Crippen molar-refractivity contribution in [1.29, 1.82) is 0 Å². The molecule has 4 rings (SSSR count). The Morgan fingerprint density at radius 1 is 0.962 bits per heavy atom. The second-order valence-corrected chi connectivity index (χ2v) is 6.23. The second-order valence-electron chi connectivity index (χ2n) is 5.79. The lowest BCUT2D eigenvalue weighted by Crippen LogP contribution is -2.27. The molecule has 26 heavy (non-hydrogen) atoms. The minimum absolute atomic E-state index is 0.240. The first-order valence-electron chi connectivity index (χ1n) is 8.07. The van der Waals surface area contributed by atoms with Crippen LogP contribution in [0.3, 0.4) is 0 Å². The highest BCUT2D eigenvalue weighted by Crippen LogP contribution is 2.25. The van der Waals surface area contributed by atoms with Crippen molar-refractivity contribution in [3.05, 3.63) is 86.7 Å². The van der Waals surface area contributed by atoms with E-state index >= 15 is 0 Å². The number of aromatic nitrogens is 1. The lowest BCUT2D eigenvalue weighted by atomic mass is 10.1. The van der Waals surface area contributed by atoms with Gasteiger partial charge in [-0.25, -0.2) is 9.59 Å². The number of nitrogens with zero attached hydrogens (tertiary/aromatic N) is 1. The molecule has 130 valence electrons. The van der Waals surface area contributed by atoms with Crippen molar-refractivity contribution in [3.63, 3.8) is 0 Å². The predicted octanol–water partition coefficient (Wildman–Crippen LogP) is 3.84. The maximum absolute atomic E-state index is 12.1. The van der Waals surface area contributed by atoms with Crippen molar-refractivity contribution < 1.29 is 9.15 Å². The molecule has 0 N–H and O–H groups in total. The summed E-state index contributed by atoms with van der Waals surface area (Å²) in [5.74, 6) is 0.0206. The molecule has 0 aliphatic carbocycles. The summed E-state index contributed by atoms with van der Waals surface area (Å²) < 4.78 is 12.0. The molecule has 0 spiro atoms. The highest BCUT2D eigenvalue weighted by atomic mass is 35.5. The molecule has 0 fully saturated rings. The van der Waals surface area contributed by atoms with Gasteiger partial charge in [-0.05, 0) is 29.7 Å². The average Bonchev–Trinajstić information content (AvgIpc) is 2.65. The molecule has 3 aromatic carbocycles. The number of halogens is 1. The summed E-state index contributed by atoms with van der Waals surface area (Å²) >= 11 is 5.93. The zero-order chi connectivity index (χ0) is 18.1. The maximum atomic E-state index is 12.1. The van der Waals surface area contributed by atoms with Crippen LogP contribution in [0.1, 0.15) is 0 Å². The molecule has 0 saturated heterocycles. The Kier molecular flexibility index (Phi) is 4.22. The molecule has 0 saturated carbocycles. The summed E-state index contributed by atoms with van der Waals surface area (Å²) in [6.07, 6.45) is 0. The van der Waals surface area contributed by atoms with Crippen LogP contribution in [0.25, 0.3) is 21.7 Å². The third kappa shape index (κ3) is 2.97. The van der Waals surface area contributed by atoms with Gasteiger partial charge in [-0.1, -0.05) is 48.0 Å². The highest BCUT2D eigenvalue weighted by molar-refractivity contribution is 6.31. The third-order valence-corrected chi connectivity index (χ3v) is 4.43. The van der Waals surface area contributed by atoms with Crippen LogP contribution in [0.4, 0.5) is 0 Å². The van der Waals surface area contributed by atoms with Gasteiger partial charge < -0.3 is 9.15 Å². The molecule has 0 atom stereocenters. The Labute approximate surface area is 153 Å². The van der Waals surface area contributed by atoms with Crippen LogP contribution < -0.4 is 16.1 Å². The van der Waals surface area contributed by atoms with E-state index in [0.29, 0.717) is 10.5 Å². The number of rotatable bonds is 4. The van der Waals surface area contributed by atoms with Gasteiger partial charge in [-0.15, -0.1) is 0 Å². The smallest absolute Gasteiger partial charge is 0.422 e. The second kappa shape index (κ2) is 6.69. The van der Waals surface area contributed by atoms with Gasteiger partial charge in [0, 0.05) is 10.4 Å². The summed E-state index contributed by atoms with van der Waals surface area (Å²) in [4.78, 5) is 24.0. The predicted molar refractivity (Wildman–Crippen MR) is 101 cm³/mol. The molecular weight excluding hydrogens is 354 g/mol. The van der Waals surface area contributed by atoms with Crippen LogP contribution in [0.2, 0.25) is 5.02 Å². The molecule has 6 heteroatoms. The fourth-order valence-corrected chi connectivity index (χ4v) is 3.15. The standard InChI is InChI=1S/C20H14ClNO4/c21-14-8-9-17-16(12-14)19(23)26-20(24)22(17)10-11-25-18-7-3-5-13-4-1-2-6-15(13)18/h1-9,12H,10-11H2. The normalized spacial score (nSPS) is 11.1. The summed E-state index contributed by atoms with van der Waals surface area (Å²) in [6.45, 7) is 0.489. The van der Waals surface area contributed by atoms with E-state index in [-0.39, 0.29) is 18.5 Å². The third-order valence-electron chi connectivity index (χ3n) is 4.19. The first-order valence-corrected chi connectivity index (χ1v) is 8.45.